The number of halogens is 2. The minimum atomic E-state index is -0.873. The fourth-order valence-corrected chi connectivity index (χ4v) is 2.10. The Morgan fingerprint density at radius 3 is 2.44 bits per heavy atom. The number of benzene rings is 2. The molecule has 27 heavy (non-hydrogen) atoms. The lowest BCUT2D eigenvalue weighted by atomic mass is 10.2. The first kappa shape index (κ1) is 20.2. The van der Waals surface area contributed by atoms with Gasteiger partial charge < -0.3 is 19.9 Å². The number of amides is 1. The van der Waals surface area contributed by atoms with E-state index in [2.05, 4.69) is 5.32 Å². The van der Waals surface area contributed by atoms with Crippen molar-refractivity contribution in [1.29, 1.82) is 0 Å². The van der Waals surface area contributed by atoms with E-state index in [0.29, 0.717) is 24.8 Å². The average Bonchev–Trinajstić information content (AvgIpc) is 2.63. The second kappa shape index (κ2) is 10.1. The quantitative estimate of drug-likeness (QED) is 0.620. The average molecular weight is 379 g/mol. The number of hydrogen-bond donors (Lipinski definition) is 2. The van der Waals surface area contributed by atoms with E-state index in [-0.39, 0.29) is 18.7 Å². The number of ether oxygens (including phenoxy) is 2. The molecule has 0 radical (unpaired) electrons. The summed E-state index contributed by atoms with van der Waals surface area (Å²) in [7, 11) is 0. The minimum Gasteiger partial charge on any atom is -0.494 e. The Labute approximate surface area is 154 Å². The molecule has 0 spiro atoms. The smallest absolute Gasteiger partial charge is 0.303 e. The summed E-state index contributed by atoms with van der Waals surface area (Å²) in [6, 6.07) is 9.78. The predicted molar refractivity (Wildman–Crippen MR) is 92.5 cm³/mol. The van der Waals surface area contributed by atoms with Gasteiger partial charge in [-0.05, 0) is 36.2 Å². The van der Waals surface area contributed by atoms with Crippen molar-refractivity contribution in [3.8, 4) is 11.5 Å². The SMILES string of the molecule is O=C(O)CCCOc1ccc(CNC(=O)COc2ccc(F)cc2F)cc1. The topological polar surface area (TPSA) is 84.9 Å². The number of carbonyl (C=O) groups is 2. The summed E-state index contributed by atoms with van der Waals surface area (Å²) in [6.45, 7) is 0.153. The monoisotopic (exact) mass is 379 g/mol. The van der Waals surface area contributed by atoms with Crippen LogP contribution in [0, 0.1) is 11.6 Å². The molecule has 0 heterocycles. The molecule has 0 fully saturated rings. The largest absolute Gasteiger partial charge is 0.494 e. The number of rotatable bonds is 10. The maximum Gasteiger partial charge on any atom is 0.303 e. The highest BCUT2D eigenvalue weighted by Gasteiger charge is 2.08. The van der Waals surface area contributed by atoms with E-state index in [1.54, 1.807) is 24.3 Å². The third-order valence-electron chi connectivity index (χ3n) is 3.47. The number of nitrogens with one attached hydrogen (secondary N) is 1. The fraction of sp³-hybridized carbons (Fsp3) is 0.263. The van der Waals surface area contributed by atoms with Gasteiger partial charge in [0.2, 0.25) is 0 Å². The van der Waals surface area contributed by atoms with Crippen molar-refractivity contribution in [1.82, 2.24) is 5.32 Å². The van der Waals surface area contributed by atoms with Gasteiger partial charge in [-0.25, -0.2) is 8.78 Å². The zero-order valence-electron chi connectivity index (χ0n) is 14.4. The summed E-state index contributed by atoms with van der Waals surface area (Å²) < 4.78 is 36.6. The Kier molecular flexibility index (Phi) is 7.54. The van der Waals surface area contributed by atoms with Gasteiger partial charge in [-0.3, -0.25) is 9.59 Å². The van der Waals surface area contributed by atoms with Gasteiger partial charge in [-0.1, -0.05) is 12.1 Å². The lowest BCUT2D eigenvalue weighted by molar-refractivity contribution is -0.137. The maximum atomic E-state index is 13.4. The van der Waals surface area contributed by atoms with E-state index in [9.17, 15) is 18.4 Å². The lowest BCUT2D eigenvalue weighted by Gasteiger charge is -2.09. The molecule has 0 aliphatic rings. The maximum absolute atomic E-state index is 13.4. The van der Waals surface area contributed by atoms with Crippen LogP contribution in [0.4, 0.5) is 8.78 Å². The first-order chi connectivity index (χ1) is 12.9. The Bertz CT molecular complexity index is 780. The molecule has 0 saturated heterocycles. The van der Waals surface area contributed by atoms with E-state index in [4.69, 9.17) is 14.6 Å². The van der Waals surface area contributed by atoms with Crippen molar-refractivity contribution >= 4 is 11.9 Å². The van der Waals surface area contributed by atoms with Crippen molar-refractivity contribution in [2.75, 3.05) is 13.2 Å². The summed E-state index contributed by atoms with van der Waals surface area (Å²) in [5.74, 6) is -2.51. The first-order valence-corrected chi connectivity index (χ1v) is 8.22. The first-order valence-electron chi connectivity index (χ1n) is 8.22. The van der Waals surface area contributed by atoms with Crippen molar-refractivity contribution < 1.29 is 33.0 Å². The molecule has 2 aromatic rings. The summed E-state index contributed by atoms with van der Waals surface area (Å²) in [6.07, 6.45) is 0.468. The Morgan fingerprint density at radius 2 is 1.78 bits per heavy atom. The van der Waals surface area contributed by atoms with Gasteiger partial charge in [-0.2, -0.15) is 0 Å². The van der Waals surface area contributed by atoms with Crippen LogP contribution in [0.2, 0.25) is 0 Å². The highest BCUT2D eigenvalue weighted by atomic mass is 19.1. The van der Waals surface area contributed by atoms with Crippen LogP contribution in [-0.4, -0.2) is 30.2 Å². The predicted octanol–water partition coefficient (Wildman–Crippen LogP) is 2.90. The van der Waals surface area contributed by atoms with Gasteiger partial charge in [0.25, 0.3) is 5.91 Å². The summed E-state index contributed by atoms with van der Waals surface area (Å²) in [4.78, 5) is 22.2. The molecule has 2 N–H and O–H groups in total. The standard InChI is InChI=1S/C19H19F2NO5/c20-14-5-8-17(16(21)10-14)27-12-18(23)22-11-13-3-6-15(7-4-13)26-9-1-2-19(24)25/h3-8,10H,1-2,9,11-12H2,(H,22,23)(H,24,25). The molecule has 8 heteroatoms. The fourth-order valence-electron chi connectivity index (χ4n) is 2.10. The number of aliphatic carboxylic acids is 1. The van der Waals surface area contributed by atoms with Crippen LogP contribution >= 0.6 is 0 Å². The summed E-state index contributed by atoms with van der Waals surface area (Å²) >= 11 is 0. The molecule has 0 atom stereocenters. The Hall–Kier alpha value is -3.16. The van der Waals surface area contributed by atoms with Gasteiger partial charge in [0.1, 0.15) is 11.6 Å². The minimum absolute atomic E-state index is 0.0496. The van der Waals surface area contributed by atoms with E-state index in [1.807, 2.05) is 0 Å². The van der Waals surface area contributed by atoms with Crippen LogP contribution in [0.3, 0.4) is 0 Å². The Balaban J connectivity index is 1.70. The molecule has 144 valence electrons. The molecule has 6 nitrogen and oxygen atoms in total. The van der Waals surface area contributed by atoms with Crippen molar-refractivity contribution in [2.45, 2.75) is 19.4 Å². The van der Waals surface area contributed by atoms with Crippen molar-refractivity contribution in [3.63, 3.8) is 0 Å². The van der Waals surface area contributed by atoms with Crippen LogP contribution in [-0.2, 0) is 16.1 Å². The van der Waals surface area contributed by atoms with Gasteiger partial charge in [0, 0.05) is 19.0 Å². The second-order valence-corrected chi connectivity index (χ2v) is 5.63. The number of hydrogen-bond acceptors (Lipinski definition) is 4. The molecule has 0 aliphatic heterocycles. The van der Waals surface area contributed by atoms with Crippen molar-refractivity contribution in [3.05, 3.63) is 59.7 Å². The number of carbonyl (C=O) groups excluding carboxylic acids is 1. The van der Waals surface area contributed by atoms with E-state index in [0.717, 1.165) is 17.7 Å². The molecular weight excluding hydrogens is 360 g/mol. The zero-order valence-corrected chi connectivity index (χ0v) is 14.4. The van der Waals surface area contributed by atoms with Crippen LogP contribution in [0.25, 0.3) is 0 Å². The highest BCUT2D eigenvalue weighted by molar-refractivity contribution is 5.77. The molecule has 0 aliphatic carbocycles. The third-order valence-corrected chi connectivity index (χ3v) is 3.47. The zero-order chi connectivity index (χ0) is 19.6. The molecule has 1 amide bonds. The van der Waals surface area contributed by atoms with Gasteiger partial charge in [0.05, 0.1) is 6.61 Å². The molecular formula is C19H19F2NO5. The van der Waals surface area contributed by atoms with Crippen LogP contribution in [0.5, 0.6) is 11.5 Å². The third kappa shape index (κ3) is 7.31. The molecule has 2 rings (SSSR count). The summed E-state index contributed by atoms with van der Waals surface area (Å²) in [5.41, 5.74) is 0.814. The normalized spacial score (nSPS) is 10.3. The van der Waals surface area contributed by atoms with E-state index < -0.39 is 30.1 Å². The Morgan fingerprint density at radius 1 is 1.04 bits per heavy atom. The summed E-state index contributed by atoms with van der Waals surface area (Å²) in [5, 5.41) is 11.2. The highest BCUT2D eigenvalue weighted by Crippen LogP contribution is 2.17. The second-order valence-electron chi connectivity index (χ2n) is 5.63. The van der Waals surface area contributed by atoms with Gasteiger partial charge in [-0.15, -0.1) is 0 Å². The molecule has 0 unspecified atom stereocenters. The number of carboxylic acid groups (broad SMARTS) is 1. The van der Waals surface area contributed by atoms with Crippen LogP contribution in [0.1, 0.15) is 18.4 Å². The lowest BCUT2D eigenvalue weighted by Crippen LogP contribution is -2.28. The molecule has 0 bridgehead atoms. The van der Waals surface area contributed by atoms with Gasteiger partial charge >= 0.3 is 5.97 Å². The van der Waals surface area contributed by atoms with Gasteiger partial charge in [0.15, 0.2) is 18.2 Å². The molecule has 2 aromatic carbocycles. The molecule has 0 aromatic heterocycles. The molecule has 0 saturated carbocycles. The van der Waals surface area contributed by atoms with Crippen LogP contribution in [0.15, 0.2) is 42.5 Å². The van der Waals surface area contributed by atoms with E-state index in [1.165, 1.54) is 0 Å². The van der Waals surface area contributed by atoms with Crippen molar-refractivity contribution in [2.24, 2.45) is 0 Å². The van der Waals surface area contributed by atoms with Crippen LogP contribution < -0.4 is 14.8 Å². The van der Waals surface area contributed by atoms with E-state index >= 15 is 0 Å². The number of carboxylic acids is 1.